The molecule has 0 aliphatic rings. The molecule has 0 saturated heterocycles. The van der Waals surface area contributed by atoms with Crippen molar-refractivity contribution in [3.8, 4) is 0 Å². The van der Waals surface area contributed by atoms with E-state index in [0.29, 0.717) is 5.02 Å². The summed E-state index contributed by atoms with van der Waals surface area (Å²) in [6, 6.07) is 14.6. The molecule has 3 rings (SSSR count). The molecule has 106 valence electrons. The number of aliphatic carboxylic acids is 1. The summed E-state index contributed by atoms with van der Waals surface area (Å²) in [4.78, 5) is 16.0. The molecule has 1 unspecified atom stereocenters. The van der Waals surface area contributed by atoms with E-state index < -0.39 is 11.2 Å². The lowest BCUT2D eigenvalue weighted by Gasteiger charge is -2.09. The number of carboxylic acids is 1. The Morgan fingerprint density at radius 3 is 2.71 bits per heavy atom. The molecule has 0 aliphatic carbocycles. The lowest BCUT2D eigenvalue weighted by Crippen LogP contribution is -2.07. The van der Waals surface area contributed by atoms with E-state index >= 15 is 0 Å². The van der Waals surface area contributed by atoms with E-state index in [-0.39, 0.29) is 0 Å². The molecule has 0 amide bonds. The van der Waals surface area contributed by atoms with Crippen LogP contribution in [0.1, 0.15) is 10.8 Å². The number of thioether (sulfide) groups is 1. The van der Waals surface area contributed by atoms with Gasteiger partial charge in [0.1, 0.15) is 5.25 Å². The van der Waals surface area contributed by atoms with Gasteiger partial charge in [-0.05, 0) is 23.8 Å². The first-order chi connectivity index (χ1) is 10.1. The predicted molar refractivity (Wildman–Crippen MR) is 87.3 cm³/mol. The molecule has 2 aromatic carbocycles. The van der Waals surface area contributed by atoms with Crippen LogP contribution in [0, 0.1) is 0 Å². The van der Waals surface area contributed by atoms with E-state index in [4.69, 9.17) is 11.6 Å². The number of rotatable bonds is 4. The Bertz CT molecular complexity index is 789. The highest BCUT2D eigenvalue weighted by Gasteiger charge is 2.22. The van der Waals surface area contributed by atoms with Crippen molar-refractivity contribution in [2.75, 3.05) is 0 Å². The second-order valence-electron chi connectivity index (χ2n) is 4.34. The van der Waals surface area contributed by atoms with E-state index in [0.717, 1.165) is 20.1 Å². The van der Waals surface area contributed by atoms with Gasteiger partial charge in [0.15, 0.2) is 4.34 Å². The molecule has 0 spiro atoms. The third-order valence-electron chi connectivity index (χ3n) is 2.88. The third kappa shape index (κ3) is 3.20. The first-order valence-electron chi connectivity index (χ1n) is 6.14. The van der Waals surface area contributed by atoms with Crippen LogP contribution in [0.5, 0.6) is 0 Å². The van der Waals surface area contributed by atoms with Crippen LogP contribution < -0.4 is 0 Å². The molecule has 21 heavy (non-hydrogen) atoms. The highest BCUT2D eigenvalue weighted by Crippen LogP contribution is 2.39. The van der Waals surface area contributed by atoms with E-state index in [2.05, 4.69) is 4.98 Å². The average molecular weight is 336 g/mol. The van der Waals surface area contributed by atoms with Crippen LogP contribution in [0.4, 0.5) is 0 Å². The number of hydrogen-bond acceptors (Lipinski definition) is 4. The van der Waals surface area contributed by atoms with Gasteiger partial charge >= 0.3 is 5.97 Å². The SMILES string of the molecule is O=C(O)C(Sc1nc2ccc(Cl)cc2s1)c1ccccc1. The van der Waals surface area contributed by atoms with Crippen molar-refractivity contribution in [3.05, 3.63) is 59.1 Å². The van der Waals surface area contributed by atoms with E-state index in [1.165, 1.54) is 23.1 Å². The summed E-state index contributed by atoms with van der Waals surface area (Å²) >= 11 is 8.66. The number of thiazole rings is 1. The molecule has 0 bridgehead atoms. The molecule has 6 heteroatoms. The summed E-state index contributed by atoms with van der Waals surface area (Å²) in [6.07, 6.45) is 0. The predicted octanol–water partition coefficient (Wildman–Crippen LogP) is 4.87. The van der Waals surface area contributed by atoms with Gasteiger partial charge in [-0.15, -0.1) is 11.3 Å². The van der Waals surface area contributed by atoms with Gasteiger partial charge in [0.25, 0.3) is 0 Å². The normalized spacial score (nSPS) is 12.4. The van der Waals surface area contributed by atoms with Gasteiger partial charge in [-0.25, -0.2) is 4.98 Å². The van der Waals surface area contributed by atoms with Gasteiger partial charge in [-0.3, -0.25) is 4.79 Å². The molecule has 0 saturated carbocycles. The standard InChI is InChI=1S/C15H10ClNO2S2/c16-10-6-7-11-12(8-10)20-15(17-11)21-13(14(18)19)9-4-2-1-3-5-9/h1-8,13H,(H,18,19). The second-order valence-corrected chi connectivity index (χ2v) is 7.16. The summed E-state index contributed by atoms with van der Waals surface area (Å²) in [5.41, 5.74) is 1.59. The van der Waals surface area contributed by atoms with Gasteiger partial charge in [-0.2, -0.15) is 0 Å². The Balaban J connectivity index is 1.93. The zero-order valence-corrected chi connectivity index (χ0v) is 13.1. The third-order valence-corrected chi connectivity index (χ3v) is 5.47. The molecular formula is C15H10ClNO2S2. The van der Waals surface area contributed by atoms with Crippen molar-refractivity contribution in [1.29, 1.82) is 0 Å². The monoisotopic (exact) mass is 335 g/mol. The Morgan fingerprint density at radius 2 is 2.00 bits per heavy atom. The fraction of sp³-hybridized carbons (Fsp3) is 0.0667. The van der Waals surface area contributed by atoms with Crippen molar-refractivity contribution in [3.63, 3.8) is 0 Å². The Hall–Kier alpha value is -1.56. The number of nitrogens with zero attached hydrogens (tertiary/aromatic N) is 1. The number of fused-ring (bicyclic) bond motifs is 1. The number of hydrogen-bond donors (Lipinski definition) is 1. The van der Waals surface area contributed by atoms with Crippen molar-refractivity contribution >= 4 is 50.9 Å². The van der Waals surface area contributed by atoms with Crippen molar-refractivity contribution in [1.82, 2.24) is 4.98 Å². The summed E-state index contributed by atoms with van der Waals surface area (Å²) < 4.78 is 1.69. The average Bonchev–Trinajstić information content (AvgIpc) is 2.87. The molecule has 0 aliphatic heterocycles. The maximum absolute atomic E-state index is 11.5. The van der Waals surface area contributed by atoms with Crippen LogP contribution in [-0.4, -0.2) is 16.1 Å². The van der Waals surface area contributed by atoms with Gasteiger partial charge in [0.2, 0.25) is 0 Å². The van der Waals surface area contributed by atoms with Gasteiger partial charge in [0.05, 0.1) is 10.2 Å². The highest BCUT2D eigenvalue weighted by molar-refractivity contribution is 8.02. The van der Waals surface area contributed by atoms with E-state index in [1.807, 2.05) is 42.5 Å². The fourth-order valence-corrected chi connectivity index (χ4v) is 4.39. The quantitative estimate of drug-likeness (QED) is 0.691. The van der Waals surface area contributed by atoms with Gasteiger partial charge in [0, 0.05) is 5.02 Å². The van der Waals surface area contributed by atoms with Crippen LogP contribution in [0.15, 0.2) is 52.9 Å². The van der Waals surface area contributed by atoms with E-state index in [9.17, 15) is 9.90 Å². The molecule has 1 aromatic heterocycles. The van der Waals surface area contributed by atoms with Crippen molar-refractivity contribution < 1.29 is 9.90 Å². The first kappa shape index (κ1) is 14.4. The van der Waals surface area contributed by atoms with Crippen LogP contribution in [0.2, 0.25) is 5.02 Å². The largest absolute Gasteiger partial charge is 0.480 e. The lowest BCUT2D eigenvalue weighted by atomic mass is 10.1. The first-order valence-corrected chi connectivity index (χ1v) is 8.21. The Labute approximate surface area is 134 Å². The maximum atomic E-state index is 11.5. The summed E-state index contributed by atoms with van der Waals surface area (Å²) in [6.45, 7) is 0. The van der Waals surface area contributed by atoms with Crippen LogP contribution >= 0.6 is 34.7 Å². The number of benzene rings is 2. The molecule has 3 nitrogen and oxygen atoms in total. The second kappa shape index (κ2) is 6.05. The summed E-state index contributed by atoms with van der Waals surface area (Å²) in [5.74, 6) is -0.872. The van der Waals surface area contributed by atoms with Gasteiger partial charge < -0.3 is 5.11 Å². The van der Waals surface area contributed by atoms with Crippen LogP contribution in [-0.2, 0) is 4.79 Å². The molecule has 1 atom stereocenters. The van der Waals surface area contributed by atoms with Crippen LogP contribution in [0.3, 0.4) is 0 Å². The molecule has 3 aromatic rings. The smallest absolute Gasteiger partial charge is 0.321 e. The van der Waals surface area contributed by atoms with Crippen LogP contribution in [0.25, 0.3) is 10.2 Å². The Kier molecular flexibility index (Phi) is 4.14. The van der Waals surface area contributed by atoms with E-state index in [1.54, 1.807) is 6.07 Å². The van der Waals surface area contributed by atoms with Crippen molar-refractivity contribution in [2.45, 2.75) is 9.59 Å². The topological polar surface area (TPSA) is 50.2 Å². The fourth-order valence-electron chi connectivity index (χ4n) is 1.92. The van der Waals surface area contributed by atoms with Crippen molar-refractivity contribution in [2.24, 2.45) is 0 Å². The minimum absolute atomic E-state index is 0.653. The zero-order valence-electron chi connectivity index (χ0n) is 10.7. The Morgan fingerprint density at radius 1 is 1.24 bits per heavy atom. The summed E-state index contributed by atoms with van der Waals surface area (Å²) in [5, 5.41) is 9.43. The lowest BCUT2D eigenvalue weighted by molar-refractivity contribution is -0.136. The number of aromatic nitrogens is 1. The minimum Gasteiger partial charge on any atom is -0.480 e. The number of carboxylic acid groups (broad SMARTS) is 1. The molecule has 0 radical (unpaired) electrons. The number of halogens is 1. The zero-order chi connectivity index (χ0) is 14.8. The molecule has 1 N–H and O–H groups in total. The summed E-state index contributed by atoms with van der Waals surface area (Å²) in [7, 11) is 0. The highest BCUT2D eigenvalue weighted by atomic mass is 35.5. The molecular weight excluding hydrogens is 326 g/mol. The minimum atomic E-state index is -0.872. The molecule has 1 heterocycles. The maximum Gasteiger partial charge on any atom is 0.321 e. The van der Waals surface area contributed by atoms with Gasteiger partial charge in [-0.1, -0.05) is 53.7 Å². The number of carbonyl (C=O) groups is 1. The molecule has 0 fully saturated rings.